The summed E-state index contributed by atoms with van der Waals surface area (Å²) in [5.74, 6) is -3.92. The first-order valence-electron chi connectivity index (χ1n) is 7.13. The molecule has 0 aliphatic carbocycles. The Hall–Kier alpha value is -2.46. The third-order valence-electron chi connectivity index (χ3n) is 3.42. The van der Waals surface area contributed by atoms with E-state index in [1.165, 1.54) is 0 Å². The third kappa shape index (κ3) is 4.77. The lowest BCUT2D eigenvalue weighted by Gasteiger charge is -2.16. The molecule has 0 saturated carbocycles. The van der Waals surface area contributed by atoms with Gasteiger partial charge in [-0.1, -0.05) is 0 Å². The van der Waals surface area contributed by atoms with Gasteiger partial charge in [0.25, 0.3) is 0 Å². The summed E-state index contributed by atoms with van der Waals surface area (Å²) in [5, 5.41) is 17.0. The van der Waals surface area contributed by atoms with Crippen LogP contribution in [-0.2, 0) is 38.1 Å². The lowest BCUT2D eigenvalue weighted by molar-refractivity contribution is -0.156. The fraction of sp³-hybridized carbons (Fsp3) is 0.571. The second-order valence-electron chi connectivity index (χ2n) is 5.16. The number of ether oxygens (including phenoxy) is 4. The van der Waals surface area contributed by atoms with Crippen molar-refractivity contribution < 1.29 is 48.3 Å². The quantitative estimate of drug-likeness (QED) is 0.440. The number of rotatable bonds is 7. The monoisotopic (exact) mass is 344 g/mol. The van der Waals surface area contributed by atoms with E-state index in [-0.39, 0.29) is 26.1 Å². The Morgan fingerprint density at radius 3 is 2.04 bits per heavy atom. The minimum atomic E-state index is -1.28. The summed E-state index contributed by atoms with van der Waals surface area (Å²) < 4.78 is 21.0. The molecule has 0 amide bonds. The molecule has 132 valence electrons. The topological polar surface area (TPSA) is 146 Å². The normalized spacial score (nSPS) is 28.5. The van der Waals surface area contributed by atoms with E-state index < -0.39 is 48.3 Å². The molecule has 0 radical (unpaired) electrons. The first-order chi connectivity index (χ1) is 11.4. The van der Waals surface area contributed by atoms with Gasteiger partial charge in [-0.25, -0.2) is 9.59 Å². The molecule has 2 N–H and O–H groups in total. The van der Waals surface area contributed by atoms with Gasteiger partial charge in [0, 0.05) is 12.2 Å². The molecule has 2 aliphatic rings. The first-order valence-corrected chi connectivity index (χ1v) is 7.13. The summed E-state index contributed by atoms with van der Waals surface area (Å²) >= 11 is 0. The van der Waals surface area contributed by atoms with Crippen molar-refractivity contribution in [3.8, 4) is 0 Å². The molecule has 2 aliphatic heterocycles. The highest BCUT2D eigenvalue weighted by Crippen LogP contribution is 2.30. The molecule has 24 heavy (non-hydrogen) atoms. The van der Waals surface area contributed by atoms with Crippen LogP contribution in [0.3, 0.4) is 0 Å². The maximum Gasteiger partial charge on any atom is 0.331 e. The Kier molecular flexibility index (Phi) is 5.88. The summed E-state index contributed by atoms with van der Waals surface area (Å²) in [5.41, 5.74) is 0. The van der Waals surface area contributed by atoms with Crippen molar-refractivity contribution in [1.29, 1.82) is 0 Å². The summed E-state index contributed by atoms with van der Waals surface area (Å²) in [6.45, 7) is 0.0539. The van der Waals surface area contributed by atoms with Gasteiger partial charge in [-0.15, -0.1) is 0 Å². The number of carbonyl (C=O) groups excluding carboxylic acids is 2. The number of fused-ring (bicyclic) bond motifs is 1. The van der Waals surface area contributed by atoms with Gasteiger partial charge in [0.05, 0.1) is 26.1 Å². The number of hydrogen-bond donors (Lipinski definition) is 2. The van der Waals surface area contributed by atoms with E-state index in [1.54, 1.807) is 0 Å². The van der Waals surface area contributed by atoms with Gasteiger partial charge >= 0.3 is 23.9 Å². The van der Waals surface area contributed by atoms with Crippen LogP contribution in [0, 0.1) is 0 Å². The smallest absolute Gasteiger partial charge is 0.331 e. The molecule has 2 heterocycles. The third-order valence-corrected chi connectivity index (χ3v) is 3.42. The molecule has 0 bridgehead atoms. The summed E-state index contributed by atoms with van der Waals surface area (Å²) in [4.78, 5) is 43.8. The van der Waals surface area contributed by atoms with Crippen LogP contribution >= 0.6 is 0 Å². The van der Waals surface area contributed by atoms with E-state index in [4.69, 9.17) is 29.2 Å². The number of hydrogen-bond acceptors (Lipinski definition) is 8. The molecule has 10 heteroatoms. The molecule has 0 aromatic carbocycles. The van der Waals surface area contributed by atoms with Crippen LogP contribution in [0.15, 0.2) is 12.2 Å². The van der Waals surface area contributed by atoms with Gasteiger partial charge in [0.1, 0.15) is 12.2 Å². The predicted molar refractivity (Wildman–Crippen MR) is 72.9 cm³/mol. The van der Waals surface area contributed by atoms with Crippen LogP contribution < -0.4 is 0 Å². The van der Waals surface area contributed by atoms with E-state index in [2.05, 4.69) is 0 Å². The van der Waals surface area contributed by atoms with Gasteiger partial charge in [0.15, 0.2) is 12.2 Å². The Balaban J connectivity index is 1.83. The van der Waals surface area contributed by atoms with Crippen LogP contribution in [0.1, 0.15) is 12.8 Å². The fourth-order valence-electron chi connectivity index (χ4n) is 2.40. The average molecular weight is 344 g/mol. The van der Waals surface area contributed by atoms with Gasteiger partial charge in [-0.2, -0.15) is 0 Å². The van der Waals surface area contributed by atoms with Gasteiger partial charge in [0.2, 0.25) is 0 Å². The molecule has 2 rings (SSSR count). The SMILES string of the molecule is O=C(O)/C=C\C(=O)O[C@@H]1COC2C1OC[C@@H]2OC(=O)CCC(=O)O. The number of aliphatic carboxylic acids is 2. The highest BCUT2D eigenvalue weighted by molar-refractivity contribution is 5.90. The van der Waals surface area contributed by atoms with Gasteiger partial charge in [-0.05, 0) is 0 Å². The highest BCUT2D eigenvalue weighted by atomic mass is 16.7. The van der Waals surface area contributed by atoms with Crippen molar-refractivity contribution >= 4 is 23.9 Å². The minimum Gasteiger partial charge on any atom is -0.481 e. The summed E-state index contributed by atoms with van der Waals surface area (Å²) in [6, 6.07) is 0. The van der Waals surface area contributed by atoms with Gasteiger partial charge in [-0.3, -0.25) is 9.59 Å². The average Bonchev–Trinajstić information content (AvgIpc) is 3.07. The van der Waals surface area contributed by atoms with Crippen molar-refractivity contribution in [3.05, 3.63) is 12.2 Å². The summed E-state index contributed by atoms with van der Waals surface area (Å²) in [7, 11) is 0. The largest absolute Gasteiger partial charge is 0.481 e. The second kappa shape index (κ2) is 7.88. The molecule has 10 nitrogen and oxygen atoms in total. The minimum absolute atomic E-state index is 0.0190. The zero-order chi connectivity index (χ0) is 17.7. The number of carboxylic acid groups (broad SMARTS) is 2. The number of esters is 2. The van der Waals surface area contributed by atoms with Crippen LogP contribution in [0.5, 0.6) is 0 Å². The van der Waals surface area contributed by atoms with Crippen LogP contribution in [0.25, 0.3) is 0 Å². The van der Waals surface area contributed by atoms with Crippen LogP contribution in [0.4, 0.5) is 0 Å². The lowest BCUT2D eigenvalue weighted by Crippen LogP contribution is -2.35. The van der Waals surface area contributed by atoms with E-state index in [1.807, 2.05) is 0 Å². The Morgan fingerprint density at radius 2 is 1.50 bits per heavy atom. The van der Waals surface area contributed by atoms with E-state index in [0.717, 1.165) is 6.08 Å². The van der Waals surface area contributed by atoms with E-state index in [0.29, 0.717) is 6.08 Å². The molecule has 2 fully saturated rings. The highest BCUT2D eigenvalue weighted by Gasteiger charge is 2.51. The number of carbonyl (C=O) groups is 4. The molecule has 0 spiro atoms. The maximum atomic E-state index is 11.6. The molecular formula is C14H16O10. The first kappa shape index (κ1) is 17.9. The van der Waals surface area contributed by atoms with Crippen LogP contribution in [-0.4, -0.2) is 71.7 Å². The van der Waals surface area contributed by atoms with Crippen molar-refractivity contribution in [2.75, 3.05) is 13.2 Å². The lowest BCUT2D eigenvalue weighted by atomic mass is 10.1. The maximum absolute atomic E-state index is 11.6. The molecule has 0 aromatic heterocycles. The molecule has 2 unspecified atom stereocenters. The number of carboxylic acids is 2. The predicted octanol–water partition coefficient (Wildman–Crippen LogP) is -0.887. The van der Waals surface area contributed by atoms with Crippen molar-refractivity contribution in [2.45, 2.75) is 37.3 Å². The zero-order valence-corrected chi connectivity index (χ0v) is 12.5. The molecular weight excluding hydrogens is 328 g/mol. The van der Waals surface area contributed by atoms with E-state index in [9.17, 15) is 19.2 Å². The van der Waals surface area contributed by atoms with Crippen molar-refractivity contribution in [2.24, 2.45) is 0 Å². The summed E-state index contributed by atoms with van der Waals surface area (Å²) in [6.07, 6.45) is -1.89. The van der Waals surface area contributed by atoms with Crippen LogP contribution in [0.2, 0.25) is 0 Å². The Bertz CT molecular complexity index is 554. The molecule has 2 saturated heterocycles. The molecule has 4 atom stereocenters. The fourth-order valence-corrected chi connectivity index (χ4v) is 2.40. The van der Waals surface area contributed by atoms with Crippen molar-refractivity contribution in [3.63, 3.8) is 0 Å². The van der Waals surface area contributed by atoms with E-state index >= 15 is 0 Å². The molecule has 0 aromatic rings. The van der Waals surface area contributed by atoms with Gasteiger partial charge < -0.3 is 29.2 Å². The Labute approximate surface area is 135 Å². The second-order valence-corrected chi connectivity index (χ2v) is 5.16. The van der Waals surface area contributed by atoms with Crippen molar-refractivity contribution in [1.82, 2.24) is 0 Å². The standard InChI is InChI=1S/C14H16O10/c15-9(16)1-3-11(19)23-7-5-21-14-8(6-22-13(7)14)24-12(20)4-2-10(17)18/h1,3,7-8,13-14H,2,4-6H2,(H,15,16)(H,17,18)/b3-1-/t7-,8+,13?,14?/m1/s1. The zero-order valence-electron chi connectivity index (χ0n) is 12.5. The Morgan fingerprint density at radius 1 is 0.917 bits per heavy atom.